The number of benzene rings is 1. The Kier molecular flexibility index (Phi) is 4.36. The van der Waals surface area contributed by atoms with Crippen LogP contribution in [0.25, 0.3) is 0 Å². The fourth-order valence-corrected chi connectivity index (χ4v) is 3.79. The second kappa shape index (κ2) is 5.75. The summed E-state index contributed by atoms with van der Waals surface area (Å²) in [4.78, 5) is 5.86. The molecular formula is C14H19N3O2S2. The number of sulfonamides is 1. The molecule has 0 bridgehead atoms. The van der Waals surface area contributed by atoms with Crippen molar-refractivity contribution in [2.45, 2.75) is 39.1 Å². The standard InChI is InChI=1S/C14H19N3O2S2/c1-8-6-13(21(15,18)19)9(2)5-12(8)16-7-14-17-10(3)11(4)20-14/h5-6,16H,7H2,1-4H3,(H2,15,18,19). The molecule has 1 aromatic carbocycles. The summed E-state index contributed by atoms with van der Waals surface area (Å²) in [5, 5.41) is 9.52. The highest BCUT2D eigenvalue weighted by Crippen LogP contribution is 2.24. The van der Waals surface area contributed by atoms with Crippen LogP contribution in [0.2, 0.25) is 0 Å². The maximum absolute atomic E-state index is 11.5. The van der Waals surface area contributed by atoms with Gasteiger partial charge in [-0.1, -0.05) is 0 Å². The van der Waals surface area contributed by atoms with Crippen LogP contribution in [0.4, 0.5) is 5.69 Å². The minimum Gasteiger partial charge on any atom is -0.378 e. The van der Waals surface area contributed by atoms with Crippen LogP contribution in [0.3, 0.4) is 0 Å². The minimum atomic E-state index is -3.68. The molecule has 0 aliphatic rings. The van der Waals surface area contributed by atoms with Crippen molar-refractivity contribution < 1.29 is 8.42 Å². The molecule has 0 saturated heterocycles. The topological polar surface area (TPSA) is 85.1 Å². The normalized spacial score (nSPS) is 11.7. The second-order valence-electron chi connectivity index (χ2n) is 5.08. The van der Waals surface area contributed by atoms with E-state index in [2.05, 4.69) is 10.3 Å². The van der Waals surface area contributed by atoms with E-state index >= 15 is 0 Å². The van der Waals surface area contributed by atoms with Gasteiger partial charge < -0.3 is 5.32 Å². The molecule has 7 heteroatoms. The van der Waals surface area contributed by atoms with Crippen LogP contribution < -0.4 is 10.5 Å². The number of thiazole rings is 1. The number of hydrogen-bond donors (Lipinski definition) is 2. The van der Waals surface area contributed by atoms with E-state index in [0.717, 1.165) is 22.0 Å². The van der Waals surface area contributed by atoms with E-state index in [1.165, 1.54) is 4.88 Å². The number of primary sulfonamides is 1. The summed E-state index contributed by atoms with van der Waals surface area (Å²) in [5.74, 6) is 0. The number of nitrogens with zero attached hydrogens (tertiary/aromatic N) is 1. The predicted molar refractivity (Wildman–Crippen MR) is 86.2 cm³/mol. The zero-order valence-electron chi connectivity index (χ0n) is 12.5. The van der Waals surface area contributed by atoms with Crippen molar-refractivity contribution in [2.75, 3.05) is 5.32 Å². The molecule has 0 aliphatic carbocycles. The van der Waals surface area contributed by atoms with E-state index in [-0.39, 0.29) is 4.90 Å². The molecule has 2 rings (SSSR count). The lowest BCUT2D eigenvalue weighted by Crippen LogP contribution is -2.14. The summed E-state index contributed by atoms with van der Waals surface area (Å²) < 4.78 is 23.0. The Hall–Kier alpha value is -1.44. The zero-order valence-corrected chi connectivity index (χ0v) is 14.2. The molecule has 0 radical (unpaired) electrons. The molecule has 0 atom stereocenters. The first-order valence-corrected chi connectivity index (χ1v) is 8.85. The third-order valence-electron chi connectivity index (χ3n) is 3.33. The molecule has 5 nitrogen and oxygen atoms in total. The molecular weight excluding hydrogens is 306 g/mol. The summed E-state index contributed by atoms with van der Waals surface area (Å²) >= 11 is 1.66. The Morgan fingerprint density at radius 3 is 2.38 bits per heavy atom. The van der Waals surface area contributed by atoms with Gasteiger partial charge in [-0.3, -0.25) is 0 Å². The van der Waals surface area contributed by atoms with Gasteiger partial charge in [0.05, 0.1) is 17.1 Å². The average molecular weight is 325 g/mol. The molecule has 2 aromatic rings. The van der Waals surface area contributed by atoms with Crippen LogP contribution in [0.15, 0.2) is 17.0 Å². The van der Waals surface area contributed by atoms with Crippen molar-refractivity contribution in [3.8, 4) is 0 Å². The monoisotopic (exact) mass is 325 g/mol. The molecule has 21 heavy (non-hydrogen) atoms. The highest BCUT2D eigenvalue weighted by Gasteiger charge is 2.14. The van der Waals surface area contributed by atoms with Gasteiger partial charge in [0.1, 0.15) is 5.01 Å². The van der Waals surface area contributed by atoms with Gasteiger partial charge in [0, 0.05) is 10.6 Å². The van der Waals surface area contributed by atoms with Crippen LogP contribution in [-0.2, 0) is 16.6 Å². The molecule has 0 aliphatic heterocycles. The van der Waals surface area contributed by atoms with Gasteiger partial charge in [-0.25, -0.2) is 18.5 Å². The smallest absolute Gasteiger partial charge is 0.238 e. The Balaban J connectivity index is 2.23. The third-order valence-corrected chi connectivity index (χ3v) is 5.46. The molecule has 3 N–H and O–H groups in total. The van der Waals surface area contributed by atoms with Crippen LogP contribution in [0.1, 0.15) is 26.7 Å². The summed E-state index contributed by atoms with van der Waals surface area (Å²) in [6, 6.07) is 3.41. The zero-order chi connectivity index (χ0) is 15.8. The first kappa shape index (κ1) is 15.9. The molecule has 1 heterocycles. The maximum Gasteiger partial charge on any atom is 0.238 e. The third kappa shape index (κ3) is 3.61. The van der Waals surface area contributed by atoms with Gasteiger partial charge in [0.15, 0.2) is 0 Å². The number of aromatic nitrogens is 1. The van der Waals surface area contributed by atoms with E-state index in [1.54, 1.807) is 24.3 Å². The van der Waals surface area contributed by atoms with Crippen molar-refractivity contribution in [3.05, 3.63) is 38.8 Å². The minimum absolute atomic E-state index is 0.173. The van der Waals surface area contributed by atoms with Crippen molar-refractivity contribution in [1.82, 2.24) is 4.98 Å². The molecule has 0 fully saturated rings. The molecule has 0 saturated carbocycles. The SMILES string of the molecule is Cc1cc(S(N)(=O)=O)c(C)cc1NCc1nc(C)c(C)s1. The Morgan fingerprint density at radius 1 is 1.19 bits per heavy atom. The highest BCUT2D eigenvalue weighted by atomic mass is 32.2. The summed E-state index contributed by atoms with van der Waals surface area (Å²) in [6.07, 6.45) is 0. The van der Waals surface area contributed by atoms with Crippen molar-refractivity contribution in [1.29, 1.82) is 0 Å². The Labute approximate surface area is 129 Å². The van der Waals surface area contributed by atoms with Gasteiger partial charge in [-0.2, -0.15) is 0 Å². The lowest BCUT2D eigenvalue weighted by atomic mass is 10.1. The van der Waals surface area contributed by atoms with E-state index in [9.17, 15) is 8.42 Å². The van der Waals surface area contributed by atoms with E-state index in [0.29, 0.717) is 12.1 Å². The van der Waals surface area contributed by atoms with Gasteiger partial charge in [0.25, 0.3) is 0 Å². The van der Waals surface area contributed by atoms with E-state index in [1.807, 2.05) is 26.8 Å². The molecule has 114 valence electrons. The fourth-order valence-electron chi connectivity index (χ4n) is 2.07. The highest BCUT2D eigenvalue weighted by molar-refractivity contribution is 7.89. The number of aryl methyl sites for hydroxylation is 4. The van der Waals surface area contributed by atoms with Crippen LogP contribution >= 0.6 is 11.3 Å². The molecule has 0 amide bonds. The van der Waals surface area contributed by atoms with Gasteiger partial charge in [-0.05, 0) is 51.0 Å². The second-order valence-corrected chi connectivity index (χ2v) is 7.90. The van der Waals surface area contributed by atoms with Crippen molar-refractivity contribution in [2.24, 2.45) is 5.14 Å². The molecule has 0 spiro atoms. The lowest BCUT2D eigenvalue weighted by molar-refractivity contribution is 0.597. The molecule has 1 aromatic heterocycles. The largest absolute Gasteiger partial charge is 0.378 e. The number of nitrogens with one attached hydrogen (secondary N) is 1. The van der Waals surface area contributed by atoms with Crippen molar-refractivity contribution >= 4 is 27.0 Å². The quantitative estimate of drug-likeness (QED) is 0.905. The van der Waals surface area contributed by atoms with Gasteiger partial charge >= 0.3 is 0 Å². The summed E-state index contributed by atoms with van der Waals surface area (Å²) in [5.41, 5.74) is 3.42. The fraction of sp³-hybridized carbons (Fsp3) is 0.357. The Bertz CT molecular complexity index is 760. The van der Waals surface area contributed by atoms with E-state index < -0.39 is 10.0 Å². The summed E-state index contributed by atoms with van der Waals surface area (Å²) in [7, 11) is -3.68. The molecule has 0 unspecified atom stereocenters. The number of nitrogens with two attached hydrogens (primary N) is 1. The number of rotatable bonds is 4. The first-order valence-electron chi connectivity index (χ1n) is 6.49. The lowest BCUT2D eigenvalue weighted by Gasteiger charge is -2.12. The average Bonchev–Trinajstić information content (AvgIpc) is 2.68. The summed E-state index contributed by atoms with van der Waals surface area (Å²) in [6.45, 7) is 8.25. The van der Waals surface area contributed by atoms with Crippen LogP contribution in [-0.4, -0.2) is 13.4 Å². The predicted octanol–water partition coefficient (Wildman–Crippen LogP) is 2.64. The maximum atomic E-state index is 11.5. The number of hydrogen-bond acceptors (Lipinski definition) is 5. The number of anilines is 1. The van der Waals surface area contributed by atoms with Crippen molar-refractivity contribution in [3.63, 3.8) is 0 Å². The Morgan fingerprint density at radius 2 is 1.86 bits per heavy atom. The van der Waals surface area contributed by atoms with E-state index in [4.69, 9.17) is 5.14 Å². The van der Waals surface area contributed by atoms with Gasteiger partial charge in [0.2, 0.25) is 10.0 Å². The first-order chi connectivity index (χ1) is 9.68. The van der Waals surface area contributed by atoms with Crippen LogP contribution in [0.5, 0.6) is 0 Å². The van der Waals surface area contributed by atoms with Gasteiger partial charge in [-0.15, -0.1) is 11.3 Å². The van der Waals surface area contributed by atoms with Crippen LogP contribution in [0, 0.1) is 27.7 Å².